The van der Waals surface area contributed by atoms with Crippen LogP contribution >= 0.6 is 11.3 Å². The smallest absolute Gasteiger partial charge is 0.0862 e. The minimum atomic E-state index is 0.565. The van der Waals surface area contributed by atoms with Gasteiger partial charge in [0.15, 0.2) is 0 Å². The summed E-state index contributed by atoms with van der Waals surface area (Å²) in [6.07, 6.45) is 0. The molecule has 1 aromatic carbocycles. The molecule has 2 heteroatoms. The third-order valence-corrected chi connectivity index (χ3v) is 3.62. The Hall–Kier alpha value is -1.28. The van der Waals surface area contributed by atoms with Gasteiger partial charge in [0.25, 0.3) is 0 Å². The molecule has 0 aliphatic carbocycles. The molecule has 0 amide bonds. The Balaban J connectivity index is 2.51. The fraction of sp³-hybridized carbons (Fsp3) is 0.286. The number of hydrogen-bond acceptors (Lipinski definition) is 2. The minimum absolute atomic E-state index is 0.565. The first-order chi connectivity index (χ1) is 7.58. The van der Waals surface area contributed by atoms with Crippen LogP contribution in [0.15, 0.2) is 29.6 Å². The predicted molar refractivity (Wildman–Crippen MR) is 73.0 cm³/mol. The van der Waals surface area contributed by atoms with Crippen molar-refractivity contribution in [2.75, 3.05) is 5.73 Å². The third kappa shape index (κ3) is 2.12. The lowest BCUT2D eigenvalue weighted by Gasteiger charge is -2.10. The molecule has 0 aliphatic heterocycles. The minimum Gasteiger partial charge on any atom is -0.391 e. The molecule has 2 aromatic rings. The number of anilines is 1. The molecule has 0 bridgehead atoms. The molecular formula is C14H17NS. The molecule has 0 atom stereocenters. The van der Waals surface area contributed by atoms with Gasteiger partial charge in [-0.15, -0.1) is 11.3 Å². The summed E-state index contributed by atoms with van der Waals surface area (Å²) in [5, 5.41) is 3.01. The Morgan fingerprint density at radius 3 is 2.50 bits per heavy atom. The maximum absolute atomic E-state index is 5.78. The van der Waals surface area contributed by atoms with Crippen LogP contribution in [0.3, 0.4) is 0 Å². The van der Waals surface area contributed by atoms with Crippen LogP contribution in [0, 0.1) is 6.92 Å². The lowest BCUT2D eigenvalue weighted by molar-refractivity contribution is 0.866. The number of nitrogen functional groups attached to an aromatic ring is 1. The van der Waals surface area contributed by atoms with Gasteiger partial charge in [-0.25, -0.2) is 0 Å². The van der Waals surface area contributed by atoms with E-state index in [0.29, 0.717) is 5.92 Å². The van der Waals surface area contributed by atoms with E-state index in [-0.39, 0.29) is 0 Å². The second-order valence-electron chi connectivity index (χ2n) is 4.47. The summed E-state index contributed by atoms with van der Waals surface area (Å²) in [5.41, 5.74) is 11.0. The second-order valence-corrected chi connectivity index (χ2v) is 5.41. The second kappa shape index (κ2) is 4.30. The van der Waals surface area contributed by atoms with Gasteiger partial charge in [0.05, 0.1) is 5.00 Å². The first-order valence-electron chi connectivity index (χ1n) is 5.53. The molecule has 2 rings (SSSR count). The molecule has 0 radical (unpaired) electrons. The van der Waals surface area contributed by atoms with Crippen molar-refractivity contribution in [2.45, 2.75) is 26.7 Å². The zero-order valence-corrected chi connectivity index (χ0v) is 10.8. The topological polar surface area (TPSA) is 26.0 Å². The fourth-order valence-corrected chi connectivity index (χ4v) is 2.46. The molecule has 0 spiro atoms. The van der Waals surface area contributed by atoms with E-state index in [4.69, 9.17) is 5.73 Å². The van der Waals surface area contributed by atoms with Crippen molar-refractivity contribution in [3.8, 4) is 11.1 Å². The average Bonchev–Trinajstić information content (AvgIpc) is 2.65. The monoisotopic (exact) mass is 231 g/mol. The van der Waals surface area contributed by atoms with E-state index in [1.54, 1.807) is 11.3 Å². The van der Waals surface area contributed by atoms with Crippen molar-refractivity contribution >= 4 is 16.3 Å². The summed E-state index contributed by atoms with van der Waals surface area (Å²) >= 11 is 1.60. The van der Waals surface area contributed by atoms with E-state index >= 15 is 0 Å². The highest BCUT2D eigenvalue weighted by Gasteiger charge is 2.07. The lowest BCUT2D eigenvalue weighted by Crippen LogP contribution is -1.90. The van der Waals surface area contributed by atoms with Gasteiger partial charge in [-0.3, -0.25) is 0 Å². The molecule has 1 heterocycles. The molecule has 16 heavy (non-hydrogen) atoms. The van der Waals surface area contributed by atoms with Crippen LogP contribution in [0.2, 0.25) is 0 Å². The molecule has 0 unspecified atom stereocenters. The van der Waals surface area contributed by atoms with E-state index in [1.807, 2.05) is 0 Å². The third-order valence-electron chi connectivity index (χ3n) is 2.86. The van der Waals surface area contributed by atoms with Gasteiger partial charge in [0.2, 0.25) is 0 Å². The molecule has 0 fully saturated rings. The van der Waals surface area contributed by atoms with E-state index in [1.165, 1.54) is 22.3 Å². The van der Waals surface area contributed by atoms with Crippen molar-refractivity contribution in [3.63, 3.8) is 0 Å². The first-order valence-corrected chi connectivity index (χ1v) is 6.41. The van der Waals surface area contributed by atoms with Gasteiger partial charge in [-0.2, -0.15) is 0 Å². The lowest BCUT2D eigenvalue weighted by atomic mass is 9.95. The summed E-state index contributed by atoms with van der Waals surface area (Å²) in [5.74, 6) is 0.565. The number of rotatable bonds is 2. The van der Waals surface area contributed by atoms with Crippen molar-refractivity contribution in [1.82, 2.24) is 0 Å². The summed E-state index contributed by atoms with van der Waals surface area (Å²) in [6.45, 7) is 6.58. The Morgan fingerprint density at radius 2 is 1.94 bits per heavy atom. The summed E-state index contributed by atoms with van der Waals surface area (Å²) in [6, 6.07) is 8.73. The molecule has 1 nitrogen and oxygen atoms in total. The maximum Gasteiger partial charge on any atom is 0.0862 e. The molecule has 1 aromatic heterocycles. The zero-order valence-electron chi connectivity index (χ0n) is 9.95. The zero-order chi connectivity index (χ0) is 11.7. The van der Waals surface area contributed by atoms with Gasteiger partial charge in [0, 0.05) is 5.38 Å². The molecule has 0 saturated carbocycles. The largest absolute Gasteiger partial charge is 0.391 e. The summed E-state index contributed by atoms with van der Waals surface area (Å²) in [7, 11) is 0. The van der Waals surface area contributed by atoms with Crippen molar-refractivity contribution in [1.29, 1.82) is 0 Å². The molecule has 2 N–H and O–H groups in total. The van der Waals surface area contributed by atoms with Gasteiger partial charge < -0.3 is 5.73 Å². The number of thiophene rings is 1. The summed E-state index contributed by atoms with van der Waals surface area (Å²) in [4.78, 5) is 0. The molecule has 0 saturated heterocycles. The van der Waals surface area contributed by atoms with Crippen LogP contribution in [-0.2, 0) is 0 Å². The molecule has 0 aliphatic rings. The normalized spacial score (nSPS) is 11.0. The Bertz CT molecular complexity index is 497. The number of benzene rings is 1. The van der Waals surface area contributed by atoms with Crippen LogP contribution in [-0.4, -0.2) is 0 Å². The van der Waals surface area contributed by atoms with Crippen molar-refractivity contribution in [3.05, 3.63) is 40.8 Å². The highest BCUT2D eigenvalue weighted by Crippen LogP contribution is 2.31. The maximum atomic E-state index is 5.78. The average molecular weight is 231 g/mol. The Labute approximate surface area is 101 Å². The molecule has 84 valence electrons. The SMILES string of the molecule is Cc1ccc(C(C)C)cc1-c1csc(N)c1. The van der Waals surface area contributed by atoms with E-state index in [9.17, 15) is 0 Å². The van der Waals surface area contributed by atoms with Crippen molar-refractivity contribution < 1.29 is 0 Å². The van der Waals surface area contributed by atoms with E-state index in [2.05, 4.69) is 50.4 Å². The molecular weight excluding hydrogens is 214 g/mol. The quantitative estimate of drug-likeness (QED) is 0.813. The van der Waals surface area contributed by atoms with E-state index in [0.717, 1.165) is 5.00 Å². The number of nitrogens with two attached hydrogens (primary N) is 1. The van der Waals surface area contributed by atoms with Crippen molar-refractivity contribution in [2.24, 2.45) is 0 Å². The summed E-state index contributed by atoms with van der Waals surface area (Å²) < 4.78 is 0. The Kier molecular flexibility index (Phi) is 3.01. The standard InChI is InChI=1S/C14H17NS/c1-9(2)11-5-4-10(3)13(6-11)12-7-14(15)16-8-12/h4-9H,15H2,1-3H3. The number of aryl methyl sites for hydroxylation is 1. The van der Waals surface area contributed by atoms with Crippen LogP contribution in [0.4, 0.5) is 5.00 Å². The van der Waals surface area contributed by atoms with Gasteiger partial charge in [-0.1, -0.05) is 32.0 Å². The van der Waals surface area contributed by atoms with Crippen LogP contribution in [0.5, 0.6) is 0 Å². The van der Waals surface area contributed by atoms with E-state index < -0.39 is 0 Å². The van der Waals surface area contributed by atoms with Gasteiger partial charge >= 0.3 is 0 Å². The Morgan fingerprint density at radius 1 is 1.19 bits per heavy atom. The predicted octanol–water partition coefficient (Wildman–Crippen LogP) is 4.43. The van der Waals surface area contributed by atoms with Crippen LogP contribution in [0.25, 0.3) is 11.1 Å². The highest BCUT2D eigenvalue weighted by molar-refractivity contribution is 7.14. The van der Waals surface area contributed by atoms with Crippen LogP contribution in [0.1, 0.15) is 30.9 Å². The van der Waals surface area contributed by atoms with Crippen LogP contribution < -0.4 is 5.73 Å². The highest BCUT2D eigenvalue weighted by atomic mass is 32.1. The number of hydrogen-bond donors (Lipinski definition) is 1. The first kappa shape index (κ1) is 11.2. The fourth-order valence-electron chi connectivity index (χ4n) is 1.80. The van der Waals surface area contributed by atoms with Gasteiger partial charge in [-0.05, 0) is 41.2 Å². The van der Waals surface area contributed by atoms with Gasteiger partial charge in [0.1, 0.15) is 0 Å².